The fourth-order valence-electron chi connectivity index (χ4n) is 1.96. The van der Waals surface area contributed by atoms with Gasteiger partial charge >= 0.3 is 0 Å². The first-order chi connectivity index (χ1) is 6.90. The zero-order valence-electron chi connectivity index (χ0n) is 8.26. The molecule has 1 fully saturated rings. The van der Waals surface area contributed by atoms with E-state index in [1.54, 1.807) is 0 Å². The molecule has 76 valence electrons. The molecule has 2 heterocycles. The molecule has 1 atom stereocenters. The van der Waals surface area contributed by atoms with E-state index in [-0.39, 0.29) is 0 Å². The summed E-state index contributed by atoms with van der Waals surface area (Å²) in [5.74, 6) is 1.46. The van der Waals surface area contributed by atoms with E-state index in [0.29, 0.717) is 12.5 Å². The molecule has 0 radical (unpaired) electrons. The third-order valence-corrected chi connectivity index (χ3v) is 2.75. The van der Waals surface area contributed by atoms with Crippen LogP contribution in [0, 0.1) is 5.92 Å². The highest BCUT2D eigenvalue weighted by atomic mass is 16.3. The van der Waals surface area contributed by atoms with Crippen molar-refractivity contribution in [2.45, 2.75) is 12.8 Å². The molecule has 2 rings (SSSR count). The molecule has 1 N–H and O–H groups in total. The molecule has 1 aliphatic heterocycles. The van der Waals surface area contributed by atoms with E-state index in [4.69, 9.17) is 5.11 Å². The van der Waals surface area contributed by atoms with Crippen molar-refractivity contribution in [3.63, 3.8) is 0 Å². The van der Waals surface area contributed by atoms with E-state index in [1.807, 2.05) is 24.4 Å². The molecule has 3 nitrogen and oxygen atoms in total. The molecule has 0 unspecified atom stereocenters. The van der Waals surface area contributed by atoms with Crippen molar-refractivity contribution >= 4 is 5.82 Å². The van der Waals surface area contributed by atoms with Gasteiger partial charge in [0.1, 0.15) is 5.82 Å². The summed E-state index contributed by atoms with van der Waals surface area (Å²) in [6, 6.07) is 5.96. The first kappa shape index (κ1) is 9.46. The molecule has 3 heteroatoms. The second kappa shape index (κ2) is 4.42. The number of aliphatic hydroxyl groups excluding tert-OH is 1. The SMILES string of the molecule is OC[C@H]1CCCN(c2ccccn2)C1. The molecule has 0 saturated carbocycles. The second-order valence-electron chi connectivity index (χ2n) is 3.82. The highest BCUT2D eigenvalue weighted by molar-refractivity contribution is 5.38. The lowest BCUT2D eigenvalue weighted by Crippen LogP contribution is -2.37. The van der Waals surface area contributed by atoms with Crippen LogP contribution in [-0.4, -0.2) is 29.8 Å². The molecule has 0 aromatic carbocycles. The highest BCUT2D eigenvalue weighted by Gasteiger charge is 2.19. The number of aromatic nitrogens is 1. The van der Waals surface area contributed by atoms with Gasteiger partial charge in [0, 0.05) is 25.9 Å². The van der Waals surface area contributed by atoms with Gasteiger partial charge in [-0.1, -0.05) is 6.07 Å². The summed E-state index contributed by atoms with van der Waals surface area (Å²) in [5.41, 5.74) is 0. The molecule has 0 spiro atoms. The van der Waals surface area contributed by atoms with Crippen LogP contribution in [0.3, 0.4) is 0 Å². The van der Waals surface area contributed by atoms with Crippen LogP contribution >= 0.6 is 0 Å². The van der Waals surface area contributed by atoms with Gasteiger partial charge in [-0.3, -0.25) is 0 Å². The van der Waals surface area contributed by atoms with Gasteiger partial charge in [0.05, 0.1) is 0 Å². The molecular formula is C11H16N2O. The van der Waals surface area contributed by atoms with E-state index < -0.39 is 0 Å². The van der Waals surface area contributed by atoms with Crippen molar-refractivity contribution in [1.29, 1.82) is 0 Å². The Bertz CT molecular complexity index is 276. The van der Waals surface area contributed by atoms with Crippen LogP contribution in [0.5, 0.6) is 0 Å². The number of rotatable bonds is 2. The van der Waals surface area contributed by atoms with Gasteiger partial charge in [-0.25, -0.2) is 4.98 Å². The number of hydrogen-bond donors (Lipinski definition) is 1. The topological polar surface area (TPSA) is 36.4 Å². The maximum Gasteiger partial charge on any atom is 0.128 e. The summed E-state index contributed by atoms with van der Waals surface area (Å²) in [5, 5.41) is 9.11. The molecule has 1 aromatic rings. The van der Waals surface area contributed by atoms with Gasteiger partial charge in [0.2, 0.25) is 0 Å². The van der Waals surface area contributed by atoms with E-state index in [0.717, 1.165) is 31.7 Å². The Hall–Kier alpha value is -1.09. The number of pyridine rings is 1. The smallest absolute Gasteiger partial charge is 0.128 e. The molecule has 1 aliphatic rings. The van der Waals surface area contributed by atoms with Crippen LogP contribution in [0.1, 0.15) is 12.8 Å². The summed E-state index contributed by atoms with van der Waals surface area (Å²) < 4.78 is 0. The van der Waals surface area contributed by atoms with Crippen molar-refractivity contribution in [2.24, 2.45) is 5.92 Å². The Balaban J connectivity index is 2.04. The van der Waals surface area contributed by atoms with Gasteiger partial charge in [0.25, 0.3) is 0 Å². The zero-order chi connectivity index (χ0) is 9.80. The third kappa shape index (κ3) is 2.04. The summed E-state index contributed by atoms with van der Waals surface area (Å²) in [7, 11) is 0. The van der Waals surface area contributed by atoms with Crippen LogP contribution in [0.25, 0.3) is 0 Å². The highest BCUT2D eigenvalue weighted by Crippen LogP contribution is 2.20. The van der Waals surface area contributed by atoms with Gasteiger partial charge in [-0.15, -0.1) is 0 Å². The molecule has 0 bridgehead atoms. The van der Waals surface area contributed by atoms with Crippen molar-refractivity contribution in [3.8, 4) is 0 Å². The molecule has 1 saturated heterocycles. The van der Waals surface area contributed by atoms with Gasteiger partial charge in [0.15, 0.2) is 0 Å². The lowest BCUT2D eigenvalue weighted by molar-refractivity contribution is 0.208. The molecule has 14 heavy (non-hydrogen) atoms. The maximum atomic E-state index is 9.11. The van der Waals surface area contributed by atoms with E-state index in [2.05, 4.69) is 9.88 Å². The fourth-order valence-corrected chi connectivity index (χ4v) is 1.96. The number of anilines is 1. The summed E-state index contributed by atoms with van der Waals surface area (Å²) in [4.78, 5) is 6.57. The summed E-state index contributed by atoms with van der Waals surface area (Å²) in [6.45, 7) is 2.30. The number of aliphatic hydroxyl groups is 1. The minimum absolute atomic E-state index is 0.295. The summed E-state index contributed by atoms with van der Waals surface area (Å²) in [6.07, 6.45) is 4.11. The number of hydrogen-bond acceptors (Lipinski definition) is 3. The van der Waals surface area contributed by atoms with E-state index >= 15 is 0 Å². The van der Waals surface area contributed by atoms with E-state index in [9.17, 15) is 0 Å². The molecule has 0 aliphatic carbocycles. The van der Waals surface area contributed by atoms with Gasteiger partial charge in [-0.2, -0.15) is 0 Å². The van der Waals surface area contributed by atoms with Crippen molar-refractivity contribution in [2.75, 3.05) is 24.6 Å². The normalized spacial score (nSPS) is 22.4. The lowest BCUT2D eigenvalue weighted by Gasteiger charge is -2.32. The standard InChI is InChI=1S/C11H16N2O/c14-9-10-4-3-7-13(8-10)11-5-1-2-6-12-11/h1-2,5-6,10,14H,3-4,7-9H2/t10-/m0/s1. The minimum Gasteiger partial charge on any atom is -0.396 e. The Kier molecular flexibility index (Phi) is 2.99. The quantitative estimate of drug-likeness (QED) is 0.767. The Morgan fingerprint density at radius 1 is 1.50 bits per heavy atom. The molecular weight excluding hydrogens is 176 g/mol. The second-order valence-corrected chi connectivity index (χ2v) is 3.82. The summed E-state index contributed by atoms with van der Waals surface area (Å²) >= 11 is 0. The predicted octanol–water partition coefficient (Wildman–Crippen LogP) is 1.29. The predicted molar refractivity (Wildman–Crippen MR) is 56.3 cm³/mol. The van der Waals surface area contributed by atoms with Gasteiger partial charge in [-0.05, 0) is 30.9 Å². The van der Waals surface area contributed by atoms with Gasteiger partial charge < -0.3 is 10.0 Å². The van der Waals surface area contributed by atoms with Crippen LogP contribution in [-0.2, 0) is 0 Å². The van der Waals surface area contributed by atoms with Crippen molar-refractivity contribution in [1.82, 2.24) is 4.98 Å². The Morgan fingerprint density at radius 2 is 2.43 bits per heavy atom. The van der Waals surface area contributed by atoms with E-state index in [1.165, 1.54) is 0 Å². The fraction of sp³-hybridized carbons (Fsp3) is 0.545. The average Bonchev–Trinajstić information content (AvgIpc) is 2.30. The van der Waals surface area contributed by atoms with Crippen LogP contribution in [0.15, 0.2) is 24.4 Å². The van der Waals surface area contributed by atoms with Crippen LogP contribution in [0.2, 0.25) is 0 Å². The Morgan fingerprint density at radius 3 is 3.14 bits per heavy atom. The number of piperidine rings is 1. The molecule has 1 aromatic heterocycles. The van der Waals surface area contributed by atoms with Crippen molar-refractivity contribution in [3.05, 3.63) is 24.4 Å². The van der Waals surface area contributed by atoms with Crippen LogP contribution < -0.4 is 4.90 Å². The Labute approximate surface area is 84.4 Å². The third-order valence-electron chi connectivity index (χ3n) is 2.75. The minimum atomic E-state index is 0.295. The monoisotopic (exact) mass is 192 g/mol. The number of nitrogens with zero attached hydrogens (tertiary/aromatic N) is 2. The van der Waals surface area contributed by atoms with Crippen molar-refractivity contribution < 1.29 is 5.11 Å². The molecule has 0 amide bonds. The zero-order valence-corrected chi connectivity index (χ0v) is 8.26. The van der Waals surface area contributed by atoms with Crippen LogP contribution in [0.4, 0.5) is 5.82 Å². The first-order valence-corrected chi connectivity index (χ1v) is 5.17. The first-order valence-electron chi connectivity index (χ1n) is 5.17. The lowest BCUT2D eigenvalue weighted by atomic mass is 9.99. The maximum absolute atomic E-state index is 9.11. The average molecular weight is 192 g/mol. The largest absolute Gasteiger partial charge is 0.396 e.